The van der Waals surface area contributed by atoms with Gasteiger partial charge in [-0.3, -0.25) is 9.59 Å². The molecule has 0 radical (unpaired) electrons. The van der Waals surface area contributed by atoms with E-state index < -0.39 is 24.1 Å². The number of amides is 2. The zero-order valence-corrected chi connectivity index (χ0v) is 12.7. The monoisotopic (exact) mass is 333 g/mol. The molecule has 0 saturated carbocycles. The number of nitrogens with zero attached hydrogens (tertiary/aromatic N) is 1. The van der Waals surface area contributed by atoms with E-state index in [-0.39, 0.29) is 0 Å². The van der Waals surface area contributed by atoms with E-state index in [1.807, 2.05) is 0 Å². The number of hydrogen-bond donors (Lipinski definition) is 2. The second-order valence-corrected chi connectivity index (χ2v) is 5.01. The van der Waals surface area contributed by atoms with Crippen LogP contribution in [0.3, 0.4) is 0 Å². The predicted octanol–water partition coefficient (Wildman–Crippen LogP) is 2.96. The summed E-state index contributed by atoms with van der Waals surface area (Å²) in [5, 5.41) is 6.83. The van der Waals surface area contributed by atoms with Crippen LogP contribution in [0, 0.1) is 5.82 Å². The van der Waals surface area contributed by atoms with Gasteiger partial charge >= 0.3 is 0 Å². The summed E-state index contributed by atoms with van der Waals surface area (Å²) in [6, 6.07) is 12.1. The Morgan fingerprint density at radius 1 is 1.04 bits per heavy atom. The summed E-state index contributed by atoms with van der Waals surface area (Å²) in [5.74, 6) is -1.48. The van der Waals surface area contributed by atoms with Crippen molar-refractivity contribution in [1.29, 1.82) is 0 Å². The van der Waals surface area contributed by atoms with Gasteiger partial charge in [0.15, 0.2) is 0 Å². The second-order valence-electron chi connectivity index (χ2n) is 4.58. The fraction of sp³-hybridized carbons (Fsp3) is 0.0625. The molecule has 0 atom stereocenters. The van der Waals surface area contributed by atoms with Gasteiger partial charge in [-0.05, 0) is 42.0 Å². The van der Waals surface area contributed by atoms with Crippen LogP contribution in [-0.4, -0.2) is 18.0 Å². The van der Waals surface area contributed by atoms with Crippen molar-refractivity contribution in [3.05, 3.63) is 64.9 Å². The Bertz CT molecular complexity index is 715. The largest absolute Gasteiger partial charge is 0.326 e. The normalized spacial score (nSPS) is 10.5. The number of hydrogen-bond acceptors (Lipinski definition) is 3. The smallest absolute Gasteiger partial charge is 0.249 e. The van der Waals surface area contributed by atoms with E-state index in [1.54, 1.807) is 24.3 Å². The number of benzene rings is 2. The van der Waals surface area contributed by atoms with Crippen LogP contribution in [0.1, 0.15) is 12.0 Å². The summed E-state index contributed by atoms with van der Waals surface area (Å²) in [6.07, 6.45) is 1.04. The van der Waals surface area contributed by atoms with Gasteiger partial charge < -0.3 is 5.32 Å². The first-order chi connectivity index (χ1) is 11.0. The van der Waals surface area contributed by atoms with Gasteiger partial charge in [-0.25, -0.2) is 9.82 Å². The molecule has 0 heterocycles. The molecule has 0 spiro atoms. The minimum absolute atomic E-state index is 0.394. The number of rotatable bonds is 5. The van der Waals surface area contributed by atoms with Gasteiger partial charge in [0.05, 0.1) is 6.21 Å². The topological polar surface area (TPSA) is 70.6 Å². The third-order valence-corrected chi connectivity index (χ3v) is 2.97. The summed E-state index contributed by atoms with van der Waals surface area (Å²) in [7, 11) is 0. The van der Waals surface area contributed by atoms with Crippen LogP contribution in [0.25, 0.3) is 0 Å². The molecule has 5 nitrogen and oxygen atoms in total. The SMILES string of the molecule is O=C(CC(=O)Nc1ccc(F)cc1)NN=Cc1ccc(Cl)cc1. The maximum absolute atomic E-state index is 12.7. The maximum Gasteiger partial charge on any atom is 0.249 e. The molecule has 2 aromatic carbocycles. The number of carbonyl (C=O) groups is 2. The molecule has 0 unspecified atom stereocenters. The first kappa shape index (κ1) is 16.6. The summed E-state index contributed by atoms with van der Waals surface area (Å²) < 4.78 is 12.7. The van der Waals surface area contributed by atoms with Gasteiger partial charge in [0.1, 0.15) is 12.2 Å². The fourth-order valence-corrected chi connectivity index (χ4v) is 1.78. The Labute approximate surface area is 137 Å². The van der Waals surface area contributed by atoms with Gasteiger partial charge in [-0.2, -0.15) is 5.10 Å². The van der Waals surface area contributed by atoms with Crippen molar-refractivity contribution < 1.29 is 14.0 Å². The lowest BCUT2D eigenvalue weighted by Crippen LogP contribution is -2.24. The van der Waals surface area contributed by atoms with Crippen molar-refractivity contribution in [3.63, 3.8) is 0 Å². The van der Waals surface area contributed by atoms with Gasteiger partial charge in [0.25, 0.3) is 0 Å². The van der Waals surface area contributed by atoms with Crippen LogP contribution in [-0.2, 0) is 9.59 Å². The molecule has 2 rings (SSSR count). The molecule has 7 heteroatoms. The molecule has 2 aromatic rings. The molecule has 0 aliphatic rings. The molecule has 0 saturated heterocycles. The van der Waals surface area contributed by atoms with E-state index in [0.717, 1.165) is 5.56 Å². The van der Waals surface area contributed by atoms with Crippen LogP contribution >= 0.6 is 11.6 Å². The molecule has 0 aromatic heterocycles. The maximum atomic E-state index is 12.7. The molecule has 2 amide bonds. The van der Waals surface area contributed by atoms with Crippen molar-refractivity contribution in [2.75, 3.05) is 5.32 Å². The summed E-state index contributed by atoms with van der Waals surface area (Å²) >= 11 is 5.75. The van der Waals surface area contributed by atoms with Crippen LogP contribution in [0.5, 0.6) is 0 Å². The Morgan fingerprint density at radius 2 is 1.70 bits per heavy atom. The highest BCUT2D eigenvalue weighted by Crippen LogP contribution is 2.09. The quantitative estimate of drug-likeness (QED) is 0.501. The zero-order valence-electron chi connectivity index (χ0n) is 11.9. The average Bonchev–Trinajstić information content (AvgIpc) is 2.51. The fourth-order valence-electron chi connectivity index (χ4n) is 1.65. The Kier molecular flexibility index (Phi) is 5.82. The highest BCUT2D eigenvalue weighted by atomic mass is 35.5. The Balaban J connectivity index is 1.78. The lowest BCUT2D eigenvalue weighted by Gasteiger charge is -2.04. The standard InChI is InChI=1S/C16H13ClFN3O2/c17-12-3-1-11(2-4-12)10-19-21-16(23)9-15(22)20-14-7-5-13(18)6-8-14/h1-8,10H,9H2,(H,20,22)(H,21,23). The first-order valence-corrected chi connectivity index (χ1v) is 7.03. The number of hydrazone groups is 1. The molecular formula is C16H13ClFN3O2. The number of halogens is 2. The summed E-state index contributed by atoms with van der Waals surface area (Å²) in [4.78, 5) is 23.2. The molecule has 23 heavy (non-hydrogen) atoms. The lowest BCUT2D eigenvalue weighted by molar-refractivity contribution is -0.126. The lowest BCUT2D eigenvalue weighted by atomic mass is 10.2. The molecule has 0 fully saturated rings. The third-order valence-electron chi connectivity index (χ3n) is 2.72. The molecule has 0 aliphatic carbocycles. The van der Waals surface area contributed by atoms with E-state index in [0.29, 0.717) is 10.7 Å². The van der Waals surface area contributed by atoms with E-state index in [1.165, 1.54) is 30.5 Å². The number of carbonyl (C=O) groups excluding carboxylic acids is 2. The molecular weight excluding hydrogens is 321 g/mol. The predicted molar refractivity (Wildman–Crippen MR) is 86.8 cm³/mol. The molecule has 118 valence electrons. The van der Waals surface area contributed by atoms with Crippen LogP contribution < -0.4 is 10.7 Å². The highest BCUT2D eigenvalue weighted by Gasteiger charge is 2.08. The van der Waals surface area contributed by atoms with Crippen molar-refractivity contribution in [2.24, 2.45) is 5.10 Å². The van der Waals surface area contributed by atoms with E-state index in [2.05, 4.69) is 15.8 Å². The summed E-state index contributed by atoms with van der Waals surface area (Å²) in [5.41, 5.74) is 3.41. The van der Waals surface area contributed by atoms with Crippen molar-refractivity contribution in [3.8, 4) is 0 Å². The van der Waals surface area contributed by atoms with E-state index >= 15 is 0 Å². The number of nitrogens with one attached hydrogen (secondary N) is 2. The van der Waals surface area contributed by atoms with E-state index in [9.17, 15) is 14.0 Å². The Morgan fingerprint density at radius 3 is 2.35 bits per heavy atom. The third kappa shape index (κ3) is 5.88. The number of anilines is 1. The molecule has 2 N–H and O–H groups in total. The van der Waals surface area contributed by atoms with Crippen molar-refractivity contribution >= 4 is 35.3 Å². The second kappa shape index (κ2) is 8.05. The summed E-state index contributed by atoms with van der Waals surface area (Å²) in [6.45, 7) is 0. The van der Waals surface area contributed by atoms with Gasteiger partial charge in [-0.15, -0.1) is 0 Å². The van der Waals surface area contributed by atoms with Gasteiger partial charge in [0.2, 0.25) is 11.8 Å². The van der Waals surface area contributed by atoms with E-state index in [4.69, 9.17) is 11.6 Å². The first-order valence-electron chi connectivity index (χ1n) is 6.66. The molecule has 0 aliphatic heterocycles. The van der Waals surface area contributed by atoms with Crippen LogP contribution in [0.15, 0.2) is 53.6 Å². The average molecular weight is 334 g/mol. The Hall–Kier alpha value is -2.73. The van der Waals surface area contributed by atoms with Crippen molar-refractivity contribution in [1.82, 2.24) is 5.43 Å². The van der Waals surface area contributed by atoms with Crippen LogP contribution in [0.4, 0.5) is 10.1 Å². The van der Waals surface area contributed by atoms with Crippen molar-refractivity contribution in [2.45, 2.75) is 6.42 Å². The molecule has 0 bridgehead atoms. The highest BCUT2D eigenvalue weighted by molar-refractivity contribution is 6.30. The van der Waals surface area contributed by atoms with Gasteiger partial charge in [-0.1, -0.05) is 23.7 Å². The van der Waals surface area contributed by atoms with Crippen LogP contribution in [0.2, 0.25) is 5.02 Å². The minimum atomic E-state index is -0.560. The van der Waals surface area contributed by atoms with Gasteiger partial charge in [0, 0.05) is 10.7 Å². The zero-order chi connectivity index (χ0) is 16.7. The minimum Gasteiger partial charge on any atom is -0.326 e.